The van der Waals surface area contributed by atoms with E-state index in [2.05, 4.69) is 10.5 Å². The monoisotopic (exact) mass is 319 g/mol. The van der Waals surface area contributed by atoms with E-state index < -0.39 is 4.92 Å². The van der Waals surface area contributed by atoms with Crippen molar-refractivity contribution >= 4 is 28.6 Å². The second-order valence-electron chi connectivity index (χ2n) is 4.26. The molecular weight excluding hydrogens is 306 g/mol. The number of benzene rings is 1. The lowest BCUT2D eigenvalue weighted by molar-refractivity contribution is -0.385. The van der Waals surface area contributed by atoms with Crippen LogP contribution in [0.15, 0.2) is 40.8 Å². The lowest BCUT2D eigenvalue weighted by Crippen LogP contribution is -2.18. The number of nitro benzene ring substituents is 1. The van der Waals surface area contributed by atoms with E-state index in [9.17, 15) is 14.9 Å². The van der Waals surface area contributed by atoms with Gasteiger partial charge in [0.1, 0.15) is 0 Å². The van der Waals surface area contributed by atoms with Crippen LogP contribution in [0.2, 0.25) is 0 Å². The molecule has 1 amide bonds. The number of nitrogens with one attached hydrogen (secondary N) is 1. The molecule has 7 nitrogen and oxygen atoms in total. The van der Waals surface area contributed by atoms with Crippen molar-refractivity contribution in [1.29, 1.82) is 0 Å². The minimum Gasteiger partial charge on any atom is -0.490 e. The standard InChI is InChI=1S/C14H13N3O4S/c1-9(15-16-14(18)13-4-3-7-22-13)10-5-6-12(21-2)11(8-10)17(19)20/h3-8H,1-2H3,(H,16,18)/b15-9-. The van der Waals surface area contributed by atoms with Crippen LogP contribution < -0.4 is 10.2 Å². The van der Waals surface area contributed by atoms with Crippen molar-refractivity contribution in [2.24, 2.45) is 5.10 Å². The number of ether oxygens (including phenoxy) is 1. The predicted molar refractivity (Wildman–Crippen MR) is 83.6 cm³/mol. The summed E-state index contributed by atoms with van der Waals surface area (Å²) in [4.78, 5) is 22.8. The molecule has 0 radical (unpaired) electrons. The van der Waals surface area contributed by atoms with Gasteiger partial charge in [-0.1, -0.05) is 6.07 Å². The zero-order valence-electron chi connectivity index (χ0n) is 11.9. The lowest BCUT2D eigenvalue weighted by Gasteiger charge is -2.05. The number of hydrogen-bond donors (Lipinski definition) is 1. The van der Waals surface area contributed by atoms with E-state index in [1.807, 2.05) is 0 Å². The Morgan fingerprint density at radius 2 is 2.18 bits per heavy atom. The van der Waals surface area contributed by atoms with Gasteiger partial charge in [-0.3, -0.25) is 14.9 Å². The number of carbonyl (C=O) groups is 1. The van der Waals surface area contributed by atoms with Gasteiger partial charge in [-0.2, -0.15) is 5.10 Å². The molecule has 0 atom stereocenters. The van der Waals surface area contributed by atoms with Crippen LogP contribution in [-0.4, -0.2) is 23.7 Å². The normalized spacial score (nSPS) is 11.1. The van der Waals surface area contributed by atoms with E-state index in [-0.39, 0.29) is 17.3 Å². The zero-order chi connectivity index (χ0) is 16.1. The molecule has 0 saturated heterocycles. The fourth-order valence-corrected chi connectivity index (χ4v) is 2.33. The molecule has 0 unspecified atom stereocenters. The molecule has 1 heterocycles. The second kappa shape index (κ2) is 6.81. The van der Waals surface area contributed by atoms with Crippen LogP contribution in [0, 0.1) is 10.1 Å². The smallest absolute Gasteiger partial charge is 0.311 e. The van der Waals surface area contributed by atoms with Crippen LogP contribution in [0.4, 0.5) is 5.69 Å². The fraction of sp³-hybridized carbons (Fsp3) is 0.143. The van der Waals surface area contributed by atoms with Crippen LogP contribution >= 0.6 is 11.3 Å². The molecule has 0 fully saturated rings. The Kier molecular flexibility index (Phi) is 4.84. The summed E-state index contributed by atoms with van der Waals surface area (Å²) in [5, 5.41) is 16.8. The van der Waals surface area contributed by atoms with Crippen LogP contribution in [-0.2, 0) is 0 Å². The van der Waals surface area contributed by atoms with Crippen molar-refractivity contribution in [3.63, 3.8) is 0 Å². The molecule has 0 saturated carbocycles. The maximum absolute atomic E-state index is 11.8. The molecule has 0 spiro atoms. The Hall–Kier alpha value is -2.74. The summed E-state index contributed by atoms with van der Waals surface area (Å²) < 4.78 is 4.94. The van der Waals surface area contributed by atoms with Gasteiger partial charge in [-0.05, 0) is 30.5 Å². The number of methoxy groups -OCH3 is 1. The molecule has 2 aromatic rings. The molecule has 0 aliphatic carbocycles. The van der Waals surface area contributed by atoms with Crippen molar-refractivity contribution in [3.8, 4) is 5.75 Å². The quantitative estimate of drug-likeness (QED) is 0.521. The zero-order valence-corrected chi connectivity index (χ0v) is 12.7. The molecule has 0 bridgehead atoms. The van der Waals surface area contributed by atoms with Crippen molar-refractivity contribution in [1.82, 2.24) is 5.43 Å². The number of hydrazone groups is 1. The largest absolute Gasteiger partial charge is 0.490 e. The van der Waals surface area contributed by atoms with Gasteiger partial charge in [0.05, 0.1) is 22.6 Å². The summed E-state index contributed by atoms with van der Waals surface area (Å²) in [6.45, 7) is 1.65. The maximum Gasteiger partial charge on any atom is 0.311 e. The molecule has 1 N–H and O–H groups in total. The average Bonchev–Trinajstić information content (AvgIpc) is 3.06. The highest BCUT2D eigenvalue weighted by Crippen LogP contribution is 2.27. The number of thiophene rings is 1. The third kappa shape index (κ3) is 3.47. The van der Waals surface area contributed by atoms with Gasteiger partial charge in [0.15, 0.2) is 5.75 Å². The van der Waals surface area contributed by atoms with Crippen molar-refractivity contribution in [2.45, 2.75) is 6.92 Å². The van der Waals surface area contributed by atoms with Gasteiger partial charge in [-0.15, -0.1) is 11.3 Å². The summed E-state index contributed by atoms with van der Waals surface area (Å²) >= 11 is 1.30. The van der Waals surface area contributed by atoms with Crippen LogP contribution in [0.25, 0.3) is 0 Å². The highest BCUT2D eigenvalue weighted by molar-refractivity contribution is 7.12. The van der Waals surface area contributed by atoms with E-state index in [0.29, 0.717) is 16.2 Å². The van der Waals surface area contributed by atoms with E-state index in [1.165, 1.54) is 30.6 Å². The number of nitrogens with zero attached hydrogens (tertiary/aromatic N) is 2. The number of rotatable bonds is 5. The first kappa shape index (κ1) is 15.6. The Morgan fingerprint density at radius 1 is 1.41 bits per heavy atom. The Labute approximate surface area is 130 Å². The van der Waals surface area contributed by atoms with Crippen LogP contribution in [0.1, 0.15) is 22.2 Å². The first-order valence-electron chi connectivity index (χ1n) is 6.24. The molecule has 8 heteroatoms. The summed E-state index contributed by atoms with van der Waals surface area (Å²) in [6.07, 6.45) is 0. The van der Waals surface area contributed by atoms with E-state index in [0.717, 1.165) is 0 Å². The Morgan fingerprint density at radius 3 is 2.77 bits per heavy atom. The SMILES string of the molecule is COc1ccc(/C(C)=N\NC(=O)c2cccs2)cc1[N+](=O)[O-]. The summed E-state index contributed by atoms with van der Waals surface area (Å²) in [7, 11) is 1.37. The molecular formula is C14H13N3O4S. The summed E-state index contributed by atoms with van der Waals surface area (Å²) in [5.41, 5.74) is 3.25. The predicted octanol–water partition coefficient (Wildman–Crippen LogP) is 2.82. The summed E-state index contributed by atoms with van der Waals surface area (Å²) in [6, 6.07) is 7.94. The fourth-order valence-electron chi connectivity index (χ4n) is 1.72. The third-order valence-electron chi connectivity index (χ3n) is 2.86. The molecule has 22 heavy (non-hydrogen) atoms. The van der Waals surface area contributed by atoms with Crippen molar-refractivity contribution < 1.29 is 14.5 Å². The summed E-state index contributed by atoms with van der Waals surface area (Å²) in [5.74, 6) is -0.151. The number of amides is 1. The van der Waals surface area contributed by atoms with Gasteiger partial charge < -0.3 is 4.74 Å². The lowest BCUT2D eigenvalue weighted by atomic mass is 10.1. The van der Waals surface area contributed by atoms with Gasteiger partial charge in [-0.25, -0.2) is 5.43 Å². The Bertz CT molecular complexity index is 726. The molecule has 2 rings (SSSR count). The van der Waals surface area contributed by atoms with E-state index in [1.54, 1.807) is 30.5 Å². The second-order valence-corrected chi connectivity index (χ2v) is 5.21. The van der Waals surface area contributed by atoms with E-state index >= 15 is 0 Å². The minimum atomic E-state index is -0.528. The van der Waals surface area contributed by atoms with Crippen molar-refractivity contribution in [2.75, 3.05) is 7.11 Å². The van der Waals surface area contributed by atoms with Gasteiger partial charge in [0.2, 0.25) is 0 Å². The molecule has 0 aliphatic rings. The van der Waals surface area contributed by atoms with Gasteiger partial charge in [0, 0.05) is 11.6 Å². The molecule has 114 valence electrons. The third-order valence-corrected chi connectivity index (χ3v) is 3.73. The Balaban J connectivity index is 2.20. The first-order chi connectivity index (χ1) is 10.5. The van der Waals surface area contributed by atoms with Gasteiger partial charge in [0.25, 0.3) is 5.91 Å². The topological polar surface area (TPSA) is 93.8 Å². The highest BCUT2D eigenvalue weighted by Gasteiger charge is 2.16. The first-order valence-corrected chi connectivity index (χ1v) is 7.12. The number of nitro groups is 1. The van der Waals surface area contributed by atoms with Crippen molar-refractivity contribution in [3.05, 3.63) is 56.3 Å². The number of hydrogen-bond acceptors (Lipinski definition) is 6. The average molecular weight is 319 g/mol. The highest BCUT2D eigenvalue weighted by atomic mass is 32.1. The molecule has 1 aromatic heterocycles. The minimum absolute atomic E-state index is 0.154. The maximum atomic E-state index is 11.8. The van der Waals surface area contributed by atoms with Crippen LogP contribution in [0.5, 0.6) is 5.75 Å². The van der Waals surface area contributed by atoms with Crippen LogP contribution in [0.3, 0.4) is 0 Å². The molecule has 0 aliphatic heterocycles. The van der Waals surface area contributed by atoms with E-state index in [4.69, 9.17) is 4.74 Å². The molecule has 1 aromatic carbocycles. The number of carbonyl (C=O) groups excluding carboxylic acids is 1. The van der Waals surface area contributed by atoms with Gasteiger partial charge >= 0.3 is 5.69 Å².